The Bertz CT molecular complexity index is 3080. The minimum Gasteiger partial charge on any atom is -0.394 e. The summed E-state index contributed by atoms with van der Waals surface area (Å²) < 4.78 is 104. The predicted molar refractivity (Wildman–Crippen MR) is 354 cm³/mol. The fraction of sp³-hybridized carbons (Fsp3) is 0.922. The second kappa shape index (κ2) is 40.9. The Hall–Kier alpha value is -4.25. The summed E-state index contributed by atoms with van der Waals surface area (Å²) in [4.78, 5) is 64.4. The van der Waals surface area contributed by atoms with Gasteiger partial charge < -0.3 is 225 Å². The second-order valence-corrected chi connectivity index (χ2v) is 28.9. The SMILES string of the molecule is CC(=O)N[C@@H]1[C@@H](O)[C@H](O[C@@H]2O[C@H](CO)[C@@H](O[C@@H]3O[C@H](CO[C@H]4O[C@H](CO)[C@@H](O)[C@H](O)[C@@H]4O)[C@@H](O[C@@H]4O[C@H](CO)[C@@H](O)[C@H](O)[C@H]4NC(C)=O)[C@H](O[C@H]4O[C@H](CO)[C@@H](O[C@@H]5O[C@H](CO)[C@@H](O)[C@H](O)[C@H]5NC(C)=O)[C@H](O)[C@@H]4O[C@@H]4O[C@H](CO)[C@@H](O)[C@H](O)[C@H]4NC(C)=O)[C@@H]3O)[C@H](O)[C@H]2NC(C)=O)[C@@H](CO[C@@H]2O[C@@H](C)[C@@H](O)[C@@H](O)[C@@H]2O)O[C@H]1O. The summed E-state index contributed by atoms with van der Waals surface area (Å²) >= 11 is 0. The van der Waals surface area contributed by atoms with Gasteiger partial charge in [-0.2, -0.15) is 0 Å². The molecule has 9 fully saturated rings. The van der Waals surface area contributed by atoms with E-state index in [2.05, 4.69) is 26.6 Å². The molecular weight excluding hydrogens is 1560 g/mol. The first kappa shape index (κ1) is 93.6. The first-order valence-electron chi connectivity index (χ1n) is 36.5. The predicted octanol–water partition coefficient (Wildman–Crippen LogP) is -18.9. The molecule has 9 aliphatic heterocycles. The van der Waals surface area contributed by atoms with Crippen LogP contribution in [-0.4, -0.2) is 476 Å². The summed E-state index contributed by atoms with van der Waals surface area (Å²) in [5.74, 6) is -4.63. The van der Waals surface area contributed by atoms with Crippen LogP contribution in [0.25, 0.3) is 0 Å². The van der Waals surface area contributed by atoms with Crippen LogP contribution in [0.5, 0.6) is 0 Å². The van der Waals surface area contributed by atoms with E-state index in [-0.39, 0.29) is 0 Å². The van der Waals surface area contributed by atoms with Crippen LogP contribution in [0.4, 0.5) is 0 Å². The number of aliphatic hydroxyl groups excluding tert-OH is 23. The fourth-order valence-electron chi connectivity index (χ4n) is 14.7. The number of rotatable bonds is 29. The molecule has 0 saturated carbocycles. The number of carbonyl (C=O) groups is 5. The number of amides is 5. The quantitative estimate of drug-likeness (QED) is 0.0331. The van der Waals surface area contributed by atoms with Gasteiger partial charge in [0, 0.05) is 34.6 Å². The van der Waals surface area contributed by atoms with Crippen LogP contribution in [0, 0.1) is 0 Å². The molecule has 5 amide bonds. The molecule has 9 saturated heterocycles. The van der Waals surface area contributed by atoms with E-state index in [9.17, 15) is 141 Å². The highest BCUT2D eigenvalue weighted by Gasteiger charge is 2.62. The molecule has 0 aromatic carbocycles. The van der Waals surface area contributed by atoms with Crippen molar-refractivity contribution in [3.63, 3.8) is 0 Å². The van der Waals surface area contributed by atoms with Crippen molar-refractivity contribution in [3.8, 4) is 0 Å². The summed E-state index contributed by atoms with van der Waals surface area (Å²) in [5, 5.41) is 270. The number of nitrogens with one attached hydrogen (secondary N) is 5. The molecule has 658 valence electrons. The monoisotopic (exact) mass is 1670 g/mol. The zero-order valence-corrected chi connectivity index (χ0v) is 61.9. The third kappa shape index (κ3) is 21.0. The first-order chi connectivity index (χ1) is 53.8. The number of aliphatic hydroxyl groups is 23. The maximum Gasteiger partial charge on any atom is 0.217 e. The van der Waals surface area contributed by atoms with Crippen LogP contribution < -0.4 is 26.6 Å². The van der Waals surface area contributed by atoms with Crippen molar-refractivity contribution in [3.05, 3.63) is 0 Å². The Morgan fingerprint density at radius 3 is 0.939 bits per heavy atom. The highest BCUT2D eigenvalue weighted by molar-refractivity contribution is 5.75. The van der Waals surface area contributed by atoms with Crippen molar-refractivity contribution in [1.29, 1.82) is 0 Å². The Morgan fingerprint density at radius 2 is 0.526 bits per heavy atom. The maximum atomic E-state index is 13.3. The molecule has 45 atom stereocenters. The van der Waals surface area contributed by atoms with Crippen LogP contribution in [0.1, 0.15) is 41.5 Å². The Balaban J connectivity index is 1.16. The standard InChI is InChI=1S/C64H107N5O45/c1-15-34(81)44(91)46(93)61(100-15)98-13-27-52(42(89)29(56(97)101-27)65-16(2)76)110-60-33(69-20(6)80)43(90)50(25(11-74)106-60)111-63-49(96)54(53(112-58-31(67-18(4)78)40(87)36(83)22(8-71)103-58)28(108-63)14-99-62-47(94)45(92)38(85)24(10-73)105-62)113-64-55(114-59-32(68-19(5)79)41(88)37(84)23(9-72)104-59)48(95)51(26(12-75)107-64)109-57-30(66-17(3)77)39(86)35(82)21(7-70)102-57/h15,21-64,70-75,81-97H,7-14H2,1-6H3,(H,65,76)(H,66,77)(H,67,78)(H,68,79)(H,69,80)/t15-,21+,22+,23+,24+,25+,26+,27+,28+,29+,30+,31+,32+,33+,34+,35+,36+,37+,38+,39+,40+,41+,42+,43+,44+,45-,46-,47-,48-,49-,50+,51+,52+,53+,54+,55-,56+,57-,58-,59-,60-,61+,62-,63-,64+/m0/s1. The fourth-order valence-corrected chi connectivity index (χ4v) is 14.7. The zero-order valence-electron chi connectivity index (χ0n) is 61.9. The van der Waals surface area contributed by atoms with Gasteiger partial charge in [-0.05, 0) is 6.92 Å². The van der Waals surface area contributed by atoms with Gasteiger partial charge in [0.1, 0.15) is 213 Å². The third-order valence-corrected chi connectivity index (χ3v) is 20.7. The van der Waals surface area contributed by atoms with E-state index in [1.165, 1.54) is 6.92 Å². The van der Waals surface area contributed by atoms with Gasteiger partial charge in [-0.3, -0.25) is 24.0 Å². The summed E-state index contributed by atoms with van der Waals surface area (Å²) in [5.41, 5.74) is 0. The van der Waals surface area contributed by atoms with Crippen LogP contribution in [-0.2, 0) is 104 Å². The molecule has 0 aromatic heterocycles. The van der Waals surface area contributed by atoms with E-state index < -0.39 is 358 Å². The average molecular weight is 1670 g/mol. The number of ether oxygens (including phenoxy) is 17. The number of hydrogen-bond donors (Lipinski definition) is 28. The highest BCUT2D eigenvalue weighted by Crippen LogP contribution is 2.41. The molecule has 0 unspecified atom stereocenters. The molecule has 28 N–H and O–H groups in total. The van der Waals surface area contributed by atoms with Gasteiger partial charge >= 0.3 is 0 Å². The van der Waals surface area contributed by atoms with Crippen molar-refractivity contribution in [2.75, 3.05) is 52.9 Å². The topological polar surface area (TPSA) is 768 Å². The summed E-state index contributed by atoms with van der Waals surface area (Å²) in [7, 11) is 0. The molecule has 9 aliphatic rings. The maximum absolute atomic E-state index is 13.3. The largest absolute Gasteiger partial charge is 0.394 e. The second-order valence-electron chi connectivity index (χ2n) is 28.9. The van der Waals surface area contributed by atoms with Gasteiger partial charge in [0.05, 0.1) is 59.0 Å². The molecule has 0 spiro atoms. The lowest BCUT2D eigenvalue weighted by Gasteiger charge is -2.53. The van der Waals surface area contributed by atoms with Crippen molar-refractivity contribution in [1.82, 2.24) is 26.6 Å². The van der Waals surface area contributed by atoms with Crippen LogP contribution in [0.3, 0.4) is 0 Å². The summed E-state index contributed by atoms with van der Waals surface area (Å²) in [6, 6.07) is -9.51. The molecule has 0 radical (unpaired) electrons. The van der Waals surface area contributed by atoms with Gasteiger partial charge in [0.2, 0.25) is 29.5 Å². The van der Waals surface area contributed by atoms with E-state index in [0.717, 1.165) is 34.6 Å². The molecule has 114 heavy (non-hydrogen) atoms. The Labute approximate surface area is 646 Å². The van der Waals surface area contributed by atoms with E-state index in [1.807, 2.05) is 0 Å². The molecule has 0 aliphatic carbocycles. The van der Waals surface area contributed by atoms with Gasteiger partial charge in [-0.15, -0.1) is 0 Å². The lowest BCUT2D eigenvalue weighted by atomic mass is 9.93. The van der Waals surface area contributed by atoms with Crippen LogP contribution >= 0.6 is 0 Å². The van der Waals surface area contributed by atoms with E-state index in [0.29, 0.717) is 0 Å². The van der Waals surface area contributed by atoms with E-state index >= 15 is 0 Å². The lowest BCUT2D eigenvalue weighted by Crippen LogP contribution is -2.72. The van der Waals surface area contributed by atoms with E-state index in [1.54, 1.807) is 0 Å². The van der Waals surface area contributed by atoms with Crippen molar-refractivity contribution in [2.45, 2.75) is 318 Å². The van der Waals surface area contributed by atoms with Gasteiger partial charge in [0.25, 0.3) is 0 Å². The minimum atomic E-state index is -2.72. The molecule has 50 heteroatoms. The zero-order chi connectivity index (χ0) is 84.1. The smallest absolute Gasteiger partial charge is 0.217 e. The van der Waals surface area contributed by atoms with Crippen molar-refractivity contribution >= 4 is 29.5 Å². The van der Waals surface area contributed by atoms with Crippen molar-refractivity contribution in [2.24, 2.45) is 0 Å². The van der Waals surface area contributed by atoms with Gasteiger partial charge in [-0.1, -0.05) is 0 Å². The number of carbonyl (C=O) groups excluding carboxylic acids is 5. The lowest BCUT2D eigenvalue weighted by molar-refractivity contribution is -0.411. The van der Waals surface area contributed by atoms with E-state index in [4.69, 9.17) is 80.5 Å². The van der Waals surface area contributed by atoms with Gasteiger partial charge in [0.15, 0.2) is 56.6 Å². The normalized spacial score (nSPS) is 48.2. The Kier molecular flexibility index (Phi) is 33.6. The van der Waals surface area contributed by atoms with Gasteiger partial charge in [-0.25, -0.2) is 0 Å². The first-order valence-corrected chi connectivity index (χ1v) is 36.5. The Morgan fingerprint density at radius 1 is 0.246 bits per heavy atom. The molecule has 0 bridgehead atoms. The van der Waals surface area contributed by atoms with Crippen molar-refractivity contribution < 1.29 is 222 Å². The van der Waals surface area contributed by atoms with Crippen LogP contribution in [0.2, 0.25) is 0 Å². The average Bonchev–Trinajstić information content (AvgIpc) is 0.753. The number of hydrogen-bond acceptors (Lipinski definition) is 45. The molecule has 9 heterocycles. The molecule has 0 aromatic rings. The highest BCUT2D eigenvalue weighted by atomic mass is 16.8. The summed E-state index contributed by atoms with van der Waals surface area (Å²) in [6.07, 6.45) is -83.9. The summed E-state index contributed by atoms with van der Waals surface area (Å²) in [6.45, 7) is -2.89. The minimum absolute atomic E-state index is 0.843. The molecular formula is C64H107N5O45. The molecule has 9 rings (SSSR count). The third-order valence-electron chi connectivity index (χ3n) is 20.7. The molecule has 50 nitrogen and oxygen atoms in total. The van der Waals surface area contributed by atoms with Crippen LogP contribution in [0.15, 0.2) is 0 Å².